The van der Waals surface area contributed by atoms with Crippen molar-refractivity contribution in [1.82, 2.24) is 19.8 Å². The van der Waals surface area contributed by atoms with E-state index >= 15 is 0 Å². The van der Waals surface area contributed by atoms with E-state index in [-0.39, 0.29) is 10.3 Å². The van der Waals surface area contributed by atoms with E-state index in [1.54, 1.807) is 10.9 Å². The second kappa shape index (κ2) is 5.60. The molecule has 1 heterocycles. The van der Waals surface area contributed by atoms with Crippen LogP contribution in [-0.2, 0) is 16.6 Å². The Hall–Kier alpha value is -0.920. The maximum atomic E-state index is 12.1. The number of hydrogen-bond acceptors (Lipinski definition) is 4. The van der Waals surface area contributed by atoms with E-state index in [0.717, 1.165) is 19.4 Å². The van der Waals surface area contributed by atoms with E-state index < -0.39 is 10.0 Å². The van der Waals surface area contributed by atoms with Crippen LogP contribution in [0.3, 0.4) is 0 Å². The average molecular weight is 286 g/mol. The Balaban J connectivity index is 1.96. The van der Waals surface area contributed by atoms with E-state index in [0.29, 0.717) is 13.1 Å². The van der Waals surface area contributed by atoms with Crippen molar-refractivity contribution in [2.45, 2.75) is 37.6 Å². The molecule has 108 valence electrons. The third-order valence-electron chi connectivity index (χ3n) is 3.76. The van der Waals surface area contributed by atoms with Crippen molar-refractivity contribution in [3.05, 3.63) is 12.4 Å². The number of sulfonamides is 1. The van der Waals surface area contributed by atoms with Gasteiger partial charge in [-0.15, -0.1) is 0 Å². The second-order valence-electron chi connectivity index (χ2n) is 5.53. The molecule has 0 bridgehead atoms. The van der Waals surface area contributed by atoms with Crippen LogP contribution in [0.5, 0.6) is 0 Å². The van der Waals surface area contributed by atoms with Crippen molar-refractivity contribution in [3.8, 4) is 0 Å². The lowest BCUT2D eigenvalue weighted by molar-refractivity contribution is 0.166. The molecule has 2 rings (SSSR count). The van der Waals surface area contributed by atoms with Crippen LogP contribution in [0, 0.1) is 5.41 Å². The minimum absolute atomic E-state index is 0.134. The molecule has 19 heavy (non-hydrogen) atoms. The summed E-state index contributed by atoms with van der Waals surface area (Å²) in [4.78, 5) is 0.242. The molecule has 7 heteroatoms. The van der Waals surface area contributed by atoms with Gasteiger partial charge in [-0.2, -0.15) is 5.10 Å². The highest BCUT2D eigenvalue weighted by Gasteiger charge is 2.33. The normalized spacial score (nSPS) is 18.2. The van der Waals surface area contributed by atoms with Gasteiger partial charge in [-0.05, 0) is 25.3 Å². The third-order valence-corrected chi connectivity index (χ3v) is 5.12. The molecular formula is C12H22N4O2S. The van der Waals surface area contributed by atoms with Gasteiger partial charge in [0.25, 0.3) is 0 Å². The predicted octanol–water partition coefficient (Wildman–Crippen LogP) is 0.571. The molecule has 2 N–H and O–H groups in total. The number of nitrogens with one attached hydrogen (secondary N) is 2. The topological polar surface area (TPSA) is 76.0 Å². The van der Waals surface area contributed by atoms with Crippen LogP contribution in [0.25, 0.3) is 0 Å². The SMILES string of the molecule is CNCCn1cc(S(=O)(=O)NCC2(C)CCC2)cn1. The highest BCUT2D eigenvalue weighted by Crippen LogP contribution is 2.39. The van der Waals surface area contributed by atoms with E-state index in [9.17, 15) is 8.42 Å². The Bertz CT molecular complexity index is 520. The van der Waals surface area contributed by atoms with Crippen molar-refractivity contribution < 1.29 is 8.42 Å². The fourth-order valence-electron chi connectivity index (χ4n) is 2.14. The predicted molar refractivity (Wildman–Crippen MR) is 73.3 cm³/mol. The molecule has 0 aromatic carbocycles. The molecule has 0 atom stereocenters. The van der Waals surface area contributed by atoms with Crippen LogP contribution in [0.1, 0.15) is 26.2 Å². The second-order valence-corrected chi connectivity index (χ2v) is 7.30. The molecule has 0 saturated heterocycles. The lowest BCUT2D eigenvalue weighted by atomic mass is 9.71. The Labute approximate surface area is 114 Å². The van der Waals surface area contributed by atoms with Crippen molar-refractivity contribution in [2.24, 2.45) is 5.41 Å². The van der Waals surface area contributed by atoms with Crippen LogP contribution in [0.4, 0.5) is 0 Å². The number of hydrogen-bond donors (Lipinski definition) is 2. The van der Waals surface area contributed by atoms with Crippen molar-refractivity contribution in [2.75, 3.05) is 20.1 Å². The van der Waals surface area contributed by atoms with E-state index in [4.69, 9.17) is 0 Å². The molecule has 1 saturated carbocycles. The van der Waals surface area contributed by atoms with Gasteiger partial charge in [0.05, 0.1) is 12.7 Å². The minimum atomic E-state index is -3.43. The molecule has 0 unspecified atom stereocenters. The fraction of sp³-hybridized carbons (Fsp3) is 0.750. The zero-order valence-corrected chi connectivity index (χ0v) is 12.3. The molecular weight excluding hydrogens is 264 g/mol. The van der Waals surface area contributed by atoms with Gasteiger partial charge in [-0.1, -0.05) is 13.3 Å². The van der Waals surface area contributed by atoms with Gasteiger partial charge < -0.3 is 5.32 Å². The summed E-state index contributed by atoms with van der Waals surface area (Å²) in [5, 5.41) is 7.05. The molecule has 0 amide bonds. The zero-order valence-electron chi connectivity index (χ0n) is 11.5. The lowest BCUT2D eigenvalue weighted by Gasteiger charge is -2.38. The number of nitrogens with zero attached hydrogens (tertiary/aromatic N) is 2. The minimum Gasteiger partial charge on any atom is -0.318 e. The molecule has 1 aromatic rings. The first-order valence-corrected chi connectivity index (χ1v) is 8.10. The fourth-order valence-corrected chi connectivity index (χ4v) is 3.29. The maximum absolute atomic E-state index is 12.1. The third kappa shape index (κ3) is 3.55. The Morgan fingerprint density at radius 2 is 2.21 bits per heavy atom. The zero-order chi connectivity index (χ0) is 13.9. The van der Waals surface area contributed by atoms with E-state index in [2.05, 4.69) is 22.1 Å². The molecule has 1 aliphatic rings. The summed E-state index contributed by atoms with van der Waals surface area (Å²) < 4.78 is 28.6. The van der Waals surface area contributed by atoms with Crippen molar-refractivity contribution in [1.29, 1.82) is 0 Å². The molecule has 1 aromatic heterocycles. The first-order chi connectivity index (χ1) is 8.95. The Morgan fingerprint density at radius 3 is 2.79 bits per heavy atom. The molecule has 1 aliphatic carbocycles. The maximum Gasteiger partial charge on any atom is 0.243 e. The van der Waals surface area contributed by atoms with Gasteiger partial charge in [-0.3, -0.25) is 4.68 Å². The smallest absolute Gasteiger partial charge is 0.243 e. The highest BCUT2D eigenvalue weighted by molar-refractivity contribution is 7.89. The number of rotatable bonds is 7. The van der Waals surface area contributed by atoms with Gasteiger partial charge in [0, 0.05) is 19.3 Å². The summed E-state index contributed by atoms with van der Waals surface area (Å²) in [7, 11) is -1.58. The molecule has 1 fully saturated rings. The molecule has 6 nitrogen and oxygen atoms in total. The average Bonchev–Trinajstić information content (AvgIpc) is 2.81. The summed E-state index contributed by atoms with van der Waals surface area (Å²) >= 11 is 0. The van der Waals surface area contributed by atoms with Crippen LogP contribution in [0.2, 0.25) is 0 Å². The quantitative estimate of drug-likeness (QED) is 0.768. The van der Waals surface area contributed by atoms with Gasteiger partial charge in [-0.25, -0.2) is 13.1 Å². The standard InChI is InChI=1S/C12H22N4O2S/c1-12(4-3-5-12)10-15-19(17,18)11-8-14-16(9-11)7-6-13-2/h8-9,13,15H,3-7,10H2,1-2H3. The summed E-state index contributed by atoms with van der Waals surface area (Å²) in [5.41, 5.74) is 0.134. The van der Waals surface area contributed by atoms with Crippen LogP contribution in [-0.4, -0.2) is 38.3 Å². The summed E-state index contributed by atoms with van der Waals surface area (Å²) in [6.07, 6.45) is 6.36. The van der Waals surface area contributed by atoms with Crippen molar-refractivity contribution >= 4 is 10.0 Å². The molecule has 0 spiro atoms. The Kier molecular flexibility index (Phi) is 4.27. The first-order valence-electron chi connectivity index (χ1n) is 6.62. The van der Waals surface area contributed by atoms with Crippen LogP contribution >= 0.6 is 0 Å². The number of aromatic nitrogens is 2. The number of likely N-dealkylation sites (N-methyl/N-ethyl adjacent to an activating group) is 1. The van der Waals surface area contributed by atoms with Crippen LogP contribution in [0.15, 0.2) is 17.3 Å². The van der Waals surface area contributed by atoms with E-state index in [1.807, 2.05) is 7.05 Å². The molecule has 0 aliphatic heterocycles. The first kappa shape index (κ1) is 14.5. The summed E-state index contributed by atoms with van der Waals surface area (Å²) in [5.74, 6) is 0. The van der Waals surface area contributed by atoms with Gasteiger partial charge in [0.15, 0.2) is 0 Å². The van der Waals surface area contributed by atoms with E-state index in [1.165, 1.54) is 12.6 Å². The van der Waals surface area contributed by atoms with Gasteiger partial charge >= 0.3 is 0 Å². The highest BCUT2D eigenvalue weighted by atomic mass is 32.2. The monoisotopic (exact) mass is 286 g/mol. The summed E-state index contributed by atoms with van der Waals surface area (Å²) in [6.45, 7) is 4.04. The van der Waals surface area contributed by atoms with Crippen molar-refractivity contribution in [3.63, 3.8) is 0 Å². The Morgan fingerprint density at radius 1 is 1.47 bits per heavy atom. The summed E-state index contributed by atoms with van der Waals surface area (Å²) in [6, 6.07) is 0. The lowest BCUT2D eigenvalue weighted by Crippen LogP contribution is -2.39. The molecule has 0 radical (unpaired) electrons. The van der Waals surface area contributed by atoms with Crippen LogP contribution < -0.4 is 10.0 Å². The van der Waals surface area contributed by atoms with Gasteiger partial charge in [0.1, 0.15) is 4.90 Å². The van der Waals surface area contributed by atoms with Gasteiger partial charge in [0.2, 0.25) is 10.0 Å². The largest absolute Gasteiger partial charge is 0.318 e.